The molecule has 0 saturated heterocycles. The lowest BCUT2D eigenvalue weighted by atomic mass is 10.1. The molecule has 0 unspecified atom stereocenters. The van der Waals surface area contributed by atoms with Gasteiger partial charge in [0.25, 0.3) is 5.91 Å². The first-order valence-electron chi connectivity index (χ1n) is 5.84. The van der Waals surface area contributed by atoms with Gasteiger partial charge in [-0.1, -0.05) is 23.2 Å². The summed E-state index contributed by atoms with van der Waals surface area (Å²) in [4.78, 5) is 23.3. The van der Waals surface area contributed by atoms with E-state index in [4.69, 9.17) is 34.7 Å². The number of anilines is 2. The molecule has 21 heavy (non-hydrogen) atoms. The van der Waals surface area contributed by atoms with Crippen molar-refractivity contribution >= 4 is 46.4 Å². The molecule has 0 aromatic heterocycles. The van der Waals surface area contributed by atoms with Crippen LogP contribution in [0.1, 0.15) is 20.7 Å². The number of hydrogen-bond donors (Lipinski definition) is 3. The maximum Gasteiger partial charge on any atom is 0.257 e. The number of carbonyl (C=O) groups is 2. The molecule has 0 radical (unpaired) electrons. The van der Waals surface area contributed by atoms with Crippen LogP contribution in [0.25, 0.3) is 0 Å². The third-order valence-electron chi connectivity index (χ3n) is 2.75. The summed E-state index contributed by atoms with van der Waals surface area (Å²) in [6, 6.07) is 8.98. The summed E-state index contributed by atoms with van der Waals surface area (Å²) >= 11 is 11.6. The molecule has 0 heterocycles. The summed E-state index contributed by atoms with van der Waals surface area (Å²) < 4.78 is 0. The Morgan fingerprint density at radius 1 is 1.00 bits per heavy atom. The second-order valence-corrected chi connectivity index (χ2v) is 5.09. The van der Waals surface area contributed by atoms with Crippen LogP contribution in [0.4, 0.5) is 11.4 Å². The van der Waals surface area contributed by atoms with Crippen LogP contribution >= 0.6 is 23.2 Å². The number of hydrogen-bond acceptors (Lipinski definition) is 3. The smallest absolute Gasteiger partial charge is 0.257 e. The molecule has 108 valence electrons. The molecule has 0 atom stereocenters. The van der Waals surface area contributed by atoms with Crippen LogP contribution in [0.2, 0.25) is 10.0 Å². The molecule has 7 heteroatoms. The second-order valence-electron chi connectivity index (χ2n) is 4.24. The molecular weight excluding hydrogens is 313 g/mol. The standard InChI is InChI=1S/C14H11Cl2N3O2/c15-7-1-3-9(12(17)5-7)14(21)19-8-2-4-11(16)10(6-8)13(18)20/h1-6H,17H2,(H2,18,20)(H,19,21). The highest BCUT2D eigenvalue weighted by Gasteiger charge is 2.12. The van der Waals surface area contributed by atoms with Crippen molar-refractivity contribution in [1.29, 1.82) is 0 Å². The van der Waals surface area contributed by atoms with Gasteiger partial charge in [0, 0.05) is 16.4 Å². The molecule has 0 bridgehead atoms. The van der Waals surface area contributed by atoms with Gasteiger partial charge in [-0.2, -0.15) is 0 Å². The molecule has 0 aliphatic heterocycles. The van der Waals surface area contributed by atoms with E-state index >= 15 is 0 Å². The molecule has 5 N–H and O–H groups in total. The van der Waals surface area contributed by atoms with E-state index in [1.807, 2.05) is 0 Å². The molecule has 0 spiro atoms. The summed E-state index contributed by atoms with van der Waals surface area (Å²) in [5.74, 6) is -1.11. The maximum atomic E-state index is 12.1. The Morgan fingerprint density at radius 2 is 1.71 bits per heavy atom. The number of nitrogens with two attached hydrogens (primary N) is 2. The Hall–Kier alpha value is -2.24. The molecule has 2 aromatic rings. The van der Waals surface area contributed by atoms with Crippen molar-refractivity contribution in [3.05, 3.63) is 57.6 Å². The Balaban J connectivity index is 2.27. The second kappa shape index (κ2) is 6.03. The first-order valence-corrected chi connectivity index (χ1v) is 6.60. The lowest BCUT2D eigenvalue weighted by Crippen LogP contribution is -2.16. The van der Waals surface area contributed by atoms with Crippen molar-refractivity contribution < 1.29 is 9.59 Å². The predicted molar refractivity (Wildman–Crippen MR) is 83.8 cm³/mol. The van der Waals surface area contributed by atoms with E-state index in [-0.39, 0.29) is 21.8 Å². The zero-order valence-corrected chi connectivity index (χ0v) is 12.2. The van der Waals surface area contributed by atoms with Gasteiger partial charge in [0.15, 0.2) is 0 Å². The van der Waals surface area contributed by atoms with Crippen molar-refractivity contribution in [3.63, 3.8) is 0 Å². The molecule has 0 aliphatic rings. The molecule has 0 saturated carbocycles. The number of rotatable bonds is 3. The van der Waals surface area contributed by atoms with Gasteiger partial charge in [0.2, 0.25) is 5.91 Å². The zero-order chi connectivity index (χ0) is 15.6. The van der Waals surface area contributed by atoms with Crippen molar-refractivity contribution in [2.24, 2.45) is 5.73 Å². The molecule has 0 fully saturated rings. The number of nitrogens with one attached hydrogen (secondary N) is 1. The van der Waals surface area contributed by atoms with Crippen LogP contribution < -0.4 is 16.8 Å². The van der Waals surface area contributed by atoms with Crippen molar-refractivity contribution in [1.82, 2.24) is 0 Å². The van der Waals surface area contributed by atoms with Crippen molar-refractivity contribution in [3.8, 4) is 0 Å². The quantitative estimate of drug-likeness (QED) is 0.757. The van der Waals surface area contributed by atoms with Gasteiger partial charge >= 0.3 is 0 Å². The predicted octanol–water partition coefficient (Wildman–Crippen LogP) is 2.93. The van der Waals surface area contributed by atoms with E-state index in [2.05, 4.69) is 5.32 Å². The van der Waals surface area contributed by atoms with Crippen LogP contribution in [-0.4, -0.2) is 11.8 Å². The van der Waals surface area contributed by atoms with E-state index in [1.165, 1.54) is 24.3 Å². The Kier molecular flexibility index (Phi) is 4.35. The lowest BCUT2D eigenvalue weighted by Gasteiger charge is -2.09. The van der Waals surface area contributed by atoms with Gasteiger partial charge in [-0.05, 0) is 36.4 Å². The Bertz CT molecular complexity index is 732. The zero-order valence-electron chi connectivity index (χ0n) is 10.7. The molecule has 2 aromatic carbocycles. The van der Waals surface area contributed by atoms with E-state index in [1.54, 1.807) is 12.1 Å². The number of nitrogen functional groups attached to an aromatic ring is 1. The normalized spacial score (nSPS) is 10.2. The van der Waals surface area contributed by atoms with Crippen LogP contribution in [0.5, 0.6) is 0 Å². The van der Waals surface area contributed by atoms with Crippen LogP contribution in [-0.2, 0) is 0 Å². The molecule has 0 aliphatic carbocycles. The summed E-state index contributed by atoms with van der Waals surface area (Å²) in [6.07, 6.45) is 0. The monoisotopic (exact) mass is 323 g/mol. The lowest BCUT2D eigenvalue weighted by molar-refractivity contribution is 0.0996. The topological polar surface area (TPSA) is 98.2 Å². The molecular formula is C14H11Cl2N3O2. The van der Waals surface area contributed by atoms with E-state index in [0.29, 0.717) is 10.7 Å². The minimum Gasteiger partial charge on any atom is -0.398 e. The third-order valence-corrected chi connectivity index (χ3v) is 3.31. The third kappa shape index (κ3) is 3.45. The highest BCUT2D eigenvalue weighted by atomic mass is 35.5. The van der Waals surface area contributed by atoms with Gasteiger partial charge in [-0.15, -0.1) is 0 Å². The van der Waals surface area contributed by atoms with Crippen molar-refractivity contribution in [2.75, 3.05) is 11.1 Å². The van der Waals surface area contributed by atoms with E-state index < -0.39 is 11.8 Å². The fourth-order valence-corrected chi connectivity index (χ4v) is 2.12. The first-order chi connectivity index (χ1) is 9.88. The minimum atomic E-state index is -0.679. The number of benzene rings is 2. The summed E-state index contributed by atoms with van der Waals surface area (Å²) in [7, 11) is 0. The average molecular weight is 324 g/mol. The van der Waals surface area contributed by atoms with Gasteiger partial charge in [0.1, 0.15) is 0 Å². The summed E-state index contributed by atoms with van der Waals surface area (Å²) in [5, 5.41) is 3.26. The van der Waals surface area contributed by atoms with Gasteiger partial charge < -0.3 is 16.8 Å². The van der Waals surface area contributed by atoms with Gasteiger partial charge in [-0.25, -0.2) is 0 Å². The largest absolute Gasteiger partial charge is 0.398 e. The van der Waals surface area contributed by atoms with Gasteiger partial charge in [-0.3, -0.25) is 9.59 Å². The van der Waals surface area contributed by atoms with E-state index in [0.717, 1.165) is 0 Å². The molecule has 2 amide bonds. The Morgan fingerprint density at radius 3 is 2.33 bits per heavy atom. The highest BCUT2D eigenvalue weighted by molar-refractivity contribution is 6.34. The van der Waals surface area contributed by atoms with Gasteiger partial charge in [0.05, 0.1) is 16.1 Å². The maximum absolute atomic E-state index is 12.1. The SMILES string of the molecule is NC(=O)c1cc(NC(=O)c2ccc(Cl)cc2N)ccc1Cl. The molecule has 5 nitrogen and oxygen atoms in total. The molecule has 2 rings (SSSR count). The highest BCUT2D eigenvalue weighted by Crippen LogP contribution is 2.22. The van der Waals surface area contributed by atoms with Crippen LogP contribution in [0, 0.1) is 0 Å². The van der Waals surface area contributed by atoms with Crippen LogP contribution in [0.15, 0.2) is 36.4 Å². The first kappa shape index (κ1) is 15.2. The number of halogens is 2. The van der Waals surface area contributed by atoms with E-state index in [9.17, 15) is 9.59 Å². The summed E-state index contributed by atoms with van der Waals surface area (Å²) in [5.41, 5.74) is 12.0. The van der Waals surface area contributed by atoms with Crippen LogP contribution in [0.3, 0.4) is 0 Å². The Labute approximate surface area is 130 Å². The number of primary amides is 1. The fraction of sp³-hybridized carbons (Fsp3) is 0. The number of carbonyl (C=O) groups excluding carboxylic acids is 2. The number of amides is 2. The average Bonchev–Trinajstić information content (AvgIpc) is 2.40. The summed E-state index contributed by atoms with van der Waals surface area (Å²) in [6.45, 7) is 0. The fourth-order valence-electron chi connectivity index (χ4n) is 1.73. The minimum absolute atomic E-state index is 0.124. The van der Waals surface area contributed by atoms with Crippen molar-refractivity contribution in [2.45, 2.75) is 0 Å².